The van der Waals surface area contributed by atoms with Crippen LogP contribution in [0.15, 0.2) is 60.7 Å². The first kappa shape index (κ1) is 30.7. The highest BCUT2D eigenvalue weighted by Gasteiger charge is 2.46. The van der Waals surface area contributed by atoms with Crippen LogP contribution in [0.3, 0.4) is 0 Å². The Morgan fingerprint density at radius 1 is 0.902 bits per heavy atom. The van der Waals surface area contributed by atoms with Crippen molar-refractivity contribution in [3.8, 4) is 0 Å². The van der Waals surface area contributed by atoms with Crippen LogP contribution in [0.2, 0.25) is 0 Å². The predicted molar refractivity (Wildman–Crippen MR) is 155 cm³/mol. The summed E-state index contributed by atoms with van der Waals surface area (Å²) in [6.45, 7) is 2.22. The van der Waals surface area contributed by atoms with E-state index < -0.39 is 23.8 Å². The summed E-state index contributed by atoms with van der Waals surface area (Å²) < 4.78 is 12.0. The lowest BCUT2D eigenvalue weighted by Crippen LogP contribution is -2.59. The van der Waals surface area contributed by atoms with Crippen molar-refractivity contribution in [3.05, 3.63) is 71.8 Å². The van der Waals surface area contributed by atoms with E-state index in [0.717, 1.165) is 50.8 Å². The first-order valence-electron chi connectivity index (χ1n) is 14.8. The molecule has 0 bridgehead atoms. The summed E-state index contributed by atoms with van der Waals surface area (Å²) >= 11 is 0. The standard InChI is InChI=1S/C32H43N3O6/c36-29(37)17-18-32(40-20-21-41-32)28(22-24-10-3-1-4-11-24)35-31(39)27(34-30(38)26-14-9-15-26)16-7-8-19-33-23-25-12-5-2-6-13-25/h1-6,10-13,26-28,33H,7-9,14-23H2,(H,34,38)(H,35,39)(H,36,37). The summed E-state index contributed by atoms with van der Waals surface area (Å²) in [5, 5.41) is 18.9. The second-order valence-electron chi connectivity index (χ2n) is 11.0. The highest BCUT2D eigenvalue weighted by molar-refractivity contribution is 5.89. The number of unbranched alkanes of at least 4 members (excludes halogenated alkanes) is 1. The molecule has 2 aromatic rings. The first-order valence-corrected chi connectivity index (χ1v) is 14.8. The van der Waals surface area contributed by atoms with Crippen LogP contribution in [0, 0.1) is 5.92 Å². The number of rotatable bonds is 17. The molecule has 41 heavy (non-hydrogen) atoms. The highest BCUT2D eigenvalue weighted by atomic mass is 16.7. The normalized spacial score (nSPS) is 17.8. The fourth-order valence-corrected chi connectivity index (χ4v) is 5.37. The summed E-state index contributed by atoms with van der Waals surface area (Å²) in [5.41, 5.74) is 2.18. The van der Waals surface area contributed by atoms with Gasteiger partial charge in [0, 0.05) is 18.9 Å². The Morgan fingerprint density at radius 2 is 1.56 bits per heavy atom. The van der Waals surface area contributed by atoms with Crippen LogP contribution in [0.4, 0.5) is 0 Å². The molecular formula is C32H43N3O6. The number of carboxylic acids is 1. The van der Waals surface area contributed by atoms with Crippen molar-refractivity contribution in [1.82, 2.24) is 16.0 Å². The molecule has 1 saturated heterocycles. The number of ether oxygens (including phenoxy) is 2. The number of carbonyl (C=O) groups excluding carboxylic acids is 2. The Balaban J connectivity index is 1.41. The Bertz CT molecular complexity index is 1100. The van der Waals surface area contributed by atoms with Crippen molar-refractivity contribution in [1.29, 1.82) is 0 Å². The summed E-state index contributed by atoms with van der Waals surface area (Å²) in [4.78, 5) is 38.1. The molecule has 2 fully saturated rings. The monoisotopic (exact) mass is 565 g/mol. The molecule has 4 rings (SSSR count). The SMILES string of the molecule is O=C(O)CCC1(C(Cc2ccccc2)NC(=O)C(CCCCNCc2ccccc2)NC(=O)C2CCC2)OCCO1. The minimum Gasteiger partial charge on any atom is -0.481 e. The van der Waals surface area contributed by atoms with E-state index in [-0.39, 0.29) is 30.6 Å². The van der Waals surface area contributed by atoms with Crippen molar-refractivity contribution in [2.75, 3.05) is 19.8 Å². The smallest absolute Gasteiger partial charge is 0.303 e. The Hall–Kier alpha value is -3.27. The van der Waals surface area contributed by atoms with Gasteiger partial charge in [0.05, 0.1) is 25.7 Å². The van der Waals surface area contributed by atoms with Crippen molar-refractivity contribution in [2.24, 2.45) is 5.92 Å². The number of aliphatic carboxylic acids is 1. The van der Waals surface area contributed by atoms with E-state index in [4.69, 9.17) is 9.47 Å². The van der Waals surface area contributed by atoms with Gasteiger partial charge in [0.1, 0.15) is 6.04 Å². The zero-order chi connectivity index (χ0) is 28.9. The van der Waals surface area contributed by atoms with Gasteiger partial charge in [0.2, 0.25) is 11.8 Å². The van der Waals surface area contributed by atoms with Crippen molar-refractivity contribution in [3.63, 3.8) is 0 Å². The van der Waals surface area contributed by atoms with E-state index in [1.54, 1.807) is 0 Å². The average molecular weight is 566 g/mol. The zero-order valence-electron chi connectivity index (χ0n) is 23.7. The molecule has 2 amide bonds. The van der Waals surface area contributed by atoms with Crippen molar-refractivity contribution >= 4 is 17.8 Å². The van der Waals surface area contributed by atoms with E-state index in [0.29, 0.717) is 26.1 Å². The quantitative estimate of drug-likeness (QED) is 0.216. The predicted octanol–water partition coefficient (Wildman–Crippen LogP) is 3.57. The number of hydrogen-bond acceptors (Lipinski definition) is 6. The molecular weight excluding hydrogens is 522 g/mol. The highest BCUT2D eigenvalue weighted by Crippen LogP contribution is 2.31. The number of carboxylic acid groups (broad SMARTS) is 1. The molecule has 2 atom stereocenters. The third kappa shape index (κ3) is 9.38. The molecule has 2 aliphatic rings. The molecule has 222 valence electrons. The van der Waals surface area contributed by atoms with E-state index in [1.807, 2.05) is 48.5 Å². The Labute approximate surface area is 242 Å². The molecule has 1 heterocycles. The lowest BCUT2D eigenvalue weighted by Gasteiger charge is -2.37. The molecule has 4 N–H and O–H groups in total. The van der Waals surface area contributed by atoms with Gasteiger partial charge in [-0.2, -0.15) is 0 Å². The number of amides is 2. The maximum Gasteiger partial charge on any atom is 0.303 e. The minimum absolute atomic E-state index is 0.0404. The van der Waals surface area contributed by atoms with Gasteiger partial charge < -0.3 is 30.5 Å². The second kappa shape index (κ2) is 15.7. The van der Waals surface area contributed by atoms with Gasteiger partial charge in [-0.3, -0.25) is 14.4 Å². The summed E-state index contributed by atoms with van der Waals surface area (Å²) in [7, 11) is 0. The van der Waals surface area contributed by atoms with Gasteiger partial charge in [0.25, 0.3) is 0 Å². The number of hydrogen-bond donors (Lipinski definition) is 4. The van der Waals surface area contributed by atoms with Gasteiger partial charge in [0.15, 0.2) is 5.79 Å². The number of nitrogens with one attached hydrogen (secondary N) is 3. The van der Waals surface area contributed by atoms with Crippen LogP contribution in [-0.2, 0) is 36.8 Å². The fraction of sp³-hybridized carbons (Fsp3) is 0.531. The Morgan fingerprint density at radius 3 is 2.17 bits per heavy atom. The fourth-order valence-electron chi connectivity index (χ4n) is 5.37. The van der Waals surface area contributed by atoms with Crippen molar-refractivity contribution in [2.45, 2.75) is 82.2 Å². The molecule has 9 heteroatoms. The molecule has 1 saturated carbocycles. The van der Waals surface area contributed by atoms with E-state index in [1.165, 1.54) is 5.56 Å². The molecule has 1 aliphatic heterocycles. The summed E-state index contributed by atoms with van der Waals surface area (Å²) in [5.74, 6) is -2.63. The molecule has 0 spiro atoms. The topological polar surface area (TPSA) is 126 Å². The Kier molecular flexibility index (Phi) is 11.7. The number of carbonyl (C=O) groups is 3. The maximum absolute atomic E-state index is 13.8. The molecule has 2 aromatic carbocycles. The molecule has 1 aliphatic carbocycles. The maximum atomic E-state index is 13.8. The number of benzene rings is 2. The third-order valence-corrected chi connectivity index (χ3v) is 7.97. The van der Waals surface area contributed by atoms with Gasteiger partial charge in [-0.05, 0) is 56.2 Å². The zero-order valence-corrected chi connectivity index (χ0v) is 23.7. The second-order valence-corrected chi connectivity index (χ2v) is 11.0. The minimum atomic E-state index is -1.26. The van der Waals surface area contributed by atoms with Crippen LogP contribution < -0.4 is 16.0 Å². The van der Waals surface area contributed by atoms with Crippen LogP contribution in [-0.4, -0.2) is 60.5 Å². The summed E-state index contributed by atoms with van der Waals surface area (Å²) in [6.07, 6.45) is 5.19. The lowest BCUT2D eigenvalue weighted by atomic mass is 9.84. The van der Waals surface area contributed by atoms with Crippen LogP contribution >= 0.6 is 0 Å². The van der Waals surface area contributed by atoms with Gasteiger partial charge in [-0.25, -0.2) is 0 Å². The van der Waals surface area contributed by atoms with Gasteiger partial charge >= 0.3 is 5.97 Å². The molecule has 0 aromatic heterocycles. The van der Waals surface area contributed by atoms with Crippen LogP contribution in [0.1, 0.15) is 62.5 Å². The van der Waals surface area contributed by atoms with E-state index in [9.17, 15) is 19.5 Å². The lowest BCUT2D eigenvalue weighted by molar-refractivity contribution is -0.189. The summed E-state index contributed by atoms with van der Waals surface area (Å²) in [6, 6.07) is 18.5. The molecule has 9 nitrogen and oxygen atoms in total. The van der Waals surface area contributed by atoms with Crippen molar-refractivity contribution < 1.29 is 29.0 Å². The van der Waals surface area contributed by atoms with Crippen LogP contribution in [0.25, 0.3) is 0 Å². The third-order valence-electron chi connectivity index (χ3n) is 7.97. The first-order chi connectivity index (χ1) is 19.9. The van der Waals surface area contributed by atoms with E-state index >= 15 is 0 Å². The van der Waals surface area contributed by atoms with Gasteiger partial charge in [-0.15, -0.1) is 0 Å². The largest absolute Gasteiger partial charge is 0.481 e. The van der Waals surface area contributed by atoms with E-state index in [2.05, 4.69) is 28.1 Å². The average Bonchev–Trinajstić information content (AvgIpc) is 3.43. The van der Waals surface area contributed by atoms with Crippen LogP contribution in [0.5, 0.6) is 0 Å². The molecule has 2 unspecified atom stereocenters. The molecule has 0 radical (unpaired) electrons. The van der Waals surface area contributed by atoms with Gasteiger partial charge in [-0.1, -0.05) is 67.1 Å².